The van der Waals surface area contributed by atoms with Crippen molar-refractivity contribution >= 4 is 17.7 Å². The van der Waals surface area contributed by atoms with Gasteiger partial charge >= 0.3 is 0 Å². The average Bonchev–Trinajstić information content (AvgIpc) is 2.35. The molecule has 100 valence electrons. The van der Waals surface area contributed by atoms with E-state index in [-0.39, 0.29) is 5.91 Å². The summed E-state index contributed by atoms with van der Waals surface area (Å²) in [7, 11) is 0. The van der Waals surface area contributed by atoms with Gasteiger partial charge < -0.3 is 10.6 Å². The summed E-state index contributed by atoms with van der Waals surface area (Å²) in [4.78, 5) is 11.7. The lowest BCUT2D eigenvalue weighted by Gasteiger charge is -2.23. The zero-order valence-electron chi connectivity index (χ0n) is 11.1. The Bertz CT molecular complexity index is 217. The van der Waals surface area contributed by atoms with Crippen LogP contribution in [0.25, 0.3) is 0 Å². The molecule has 0 aliphatic carbocycles. The lowest BCUT2D eigenvalue weighted by Crippen LogP contribution is -2.37. The second kappa shape index (κ2) is 8.81. The molecule has 0 spiro atoms. The molecule has 0 aromatic rings. The Morgan fingerprint density at radius 3 is 3.00 bits per heavy atom. The highest BCUT2D eigenvalue weighted by atomic mass is 32.2. The van der Waals surface area contributed by atoms with Crippen LogP contribution in [0.4, 0.5) is 0 Å². The molecule has 1 saturated heterocycles. The van der Waals surface area contributed by atoms with Gasteiger partial charge in [0.15, 0.2) is 0 Å². The van der Waals surface area contributed by atoms with Crippen molar-refractivity contribution in [3.8, 4) is 0 Å². The topological polar surface area (TPSA) is 41.1 Å². The number of hydrogen-bond donors (Lipinski definition) is 2. The van der Waals surface area contributed by atoms with E-state index >= 15 is 0 Å². The first kappa shape index (κ1) is 14.8. The Hall–Kier alpha value is -0.220. The van der Waals surface area contributed by atoms with Gasteiger partial charge in [0, 0.05) is 18.5 Å². The van der Waals surface area contributed by atoms with Crippen LogP contribution in [0.2, 0.25) is 0 Å². The molecule has 17 heavy (non-hydrogen) atoms. The molecule has 4 heteroatoms. The highest BCUT2D eigenvalue weighted by Gasteiger charge is 2.14. The third-order valence-corrected chi connectivity index (χ3v) is 3.94. The number of carbonyl (C=O) groups is 1. The molecule has 0 aromatic heterocycles. The molecule has 1 fully saturated rings. The molecule has 2 atom stereocenters. The maximum Gasteiger partial charge on any atom is 0.220 e. The first-order valence-electron chi connectivity index (χ1n) is 6.74. The van der Waals surface area contributed by atoms with Crippen molar-refractivity contribution in [2.75, 3.05) is 18.6 Å². The van der Waals surface area contributed by atoms with Crippen molar-refractivity contribution in [1.29, 1.82) is 0 Å². The van der Waals surface area contributed by atoms with E-state index in [0.717, 1.165) is 25.1 Å². The van der Waals surface area contributed by atoms with Gasteiger partial charge in [0.05, 0.1) is 0 Å². The maximum absolute atomic E-state index is 11.7. The smallest absolute Gasteiger partial charge is 0.220 e. The van der Waals surface area contributed by atoms with Crippen LogP contribution in [-0.2, 0) is 4.79 Å². The van der Waals surface area contributed by atoms with Crippen LogP contribution in [0.15, 0.2) is 0 Å². The van der Waals surface area contributed by atoms with Gasteiger partial charge in [0.1, 0.15) is 0 Å². The van der Waals surface area contributed by atoms with E-state index < -0.39 is 0 Å². The summed E-state index contributed by atoms with van der Waals surface area (Å²) in [5.74, 6) is 1.33. The quantitative estimate of drug-likeness (QED) is 0.735. The Morgan fingerprint density at radius 1 is 1.53 bits per heavy atom. The van der Waals surface area contributed by atoms with Crippen LogP contribution in [-0.4, -0.2) is 36.5 Å². The monoisotopic (exact) mass is 258 g/mol. The van der Waals surface area contributed by atoms with E-state index in [9.17, 15) is 4.79 Å². The van der Waals surface area contributed by atoms with Crippen LogP contribution >= 0.6 is 11.8 Å². The number of amides is 1. The van der Waals surface area contributed by atoms with E-state index in [1.807, 2.05) is 11.8 Å². The summed E-state index contributed by atoms with van der Waals surface area (Å²) in [6.45, 7) is 3.21. The Labute approximate surface area is 109 Å². The predicted molar refractivity (Wildman–Crippen MR) is 75.5 cm³/mol. The van der Waals surface area contributed by atoms with Crippen molar-refractivity contribution in [3.05, 3.63) is 0 Å². The van der Waals surface area contributed by atoms with Gasteiger partial charge in [-0.25, -0.2) is 0 Å². The maximum atomic E-state index is 11.7. The summed E-state index contributed by atoms with van der Waals surface area (Å²) < 4.78 is 0. The minimum absolute atomic E-state index is 0.214. The van der Waals surface area contributed by atoms with E-state index in [2.05, 4.69) is 23.8 Å². The van der Waals surface area contributed by atoms with Crippen molar-refractivity contribution in [2.24, 2.45) is 0 Å². The normalized spacial score (nSPS) is 22.1. The predicted octanol–water partition coefficient (Wildman–Crippen LogP) is 2.17. The molecule has 0 aromatic carbocycles. The molecule has 1 heterocycles. The van der Waals surface area contributed by atoms with Gasteiger partial charge in [-0.15, -0.1) is 0 Å². The summed E-state index contributed by atoms with van der Waals surface area (Å²) in [6, 6.07) is 0.880. The molecule has 0 radical (unpaired) electrons. The molecule has 0 bridgehead atoms. The molecule has 3 nitrogen and oxygen atoms in total. The third kappa shape index (κ3) is 6.94. The van der Waals surface area contributed by atoms with E-state index in [0.29, 0.717) is 18.5 Å². The van der Waals surface area contributed by atoms with Gasteiger partial charge in [-0.05, 0) is 51.2 Å². The van der Waals surface area contributed by atoms with Crippen LogP contribution in [0.5, 0.6) is 0 Å². The molecule has 2 N–H and O–H groups in total. The number of piperidine rings is 1. The third-order valence-electron chi connectivity index (χ3n) is 3.29. The fourth-order valence-electron chi connectivity index (χ4n) is 2.19. The molecule has 1 aliphatic heterocycles. The van der Waals surface area contributed by atoms with Crippen molar-refractivity contribution < 1.29 is 4.79 Å². The van der Waals surface area contributed by atoms with E-state index in [1.54, 1.807) is 0 Å². The minimum Gasteiger partial charge on any atom is -0.354 e. The molecule has 1 aliphatic rings. The van der Waals surface area contributed by atoms with Gasteiger partial charge in [-0.2, -0.15) is 11.8 Å². The Balaban J connectivity index is 2.07. The van der Waals surface area contributed by atoms with Crippen LogP contribution in [0.1, 0.15) is 45.4 Å². The number of thioether (sulfide) groups is 1. The lowest BCUT2D eigenvalue weighted by atomic mass is 10.0. The standard InChI is InChI=1S/C13H26N2OS/c1-11(8-10-17-2)15-13(16)7-6-12-5-3-4-9-14-12/h11-12,14H,3-10H2,1-2H3,(H,15,16). The van der Waals surface area contributed by atoms with Crippen LogP contribution in [0, 0.1) is 0 Å². The first-order chi connectivity index (χ1) is 8.22. The van der Waals surface area contributed by atoms with Gasteiger partial charge in [0.2, 0.25) is 5.91 Å². The number of hydrogen-bond acceptors (Lipinski definition) is 3. The average molecular weight is 258 g/mol. The lowest BCUT2D eigenvalue weighted by molar-refractivity contribution is -0.121. The van der Waals surface area contributed by atoms with Gasteiger partial charge in [0.25, 0.3) is 0 Å². The summed E-state index contributed by atoms with van der Waals surface area (Å²) >= 11 is 1.83. The summed E-state index contributed by atoms with van der Waals surface area (Å²) in [6.07, 6.45) is 8.65. The van der Waals surface area contributed by atoms with E-state index in [1.165, 1.54) is 19.3 Å². The fraction of sp³-hybridized carbons (Fsp3) is 0.923. The molecular weight excluding hydrogens is 232 g/mol. The molecule has 0 saturated carbocycles. The fourth-order valence-corrected chi connectivity index (χ4v) is 2.78. The van der Waals surface area contributed by atoms with Crippen molar-refractivity contribution in [3.63, 3.8) is 0 Å². The number of nitrogens with one attached hydrogen (secondary N) is 2. The second-order valence-electron chi connectivity index (χ2n) is 4.94. The Kier molecular flexibility index (Phi) is 7.69. The highest BCUT2D eigenvalue weighted by Crippen LogP contribution is 2.11. The number of carbonyl (C=O) groups excluding carboxylic acids is 1. The minimum atomic E-state index is 0.214. The molecule has 2 unspecified atom stereocenters. The van der Waals surface area contributed by atoms with Gasteiger partial charge in [-0.1, -0.05) is 6.42 Å². The second-order valence-corrected chi connectivity index (χ2v) is 5.92. The largest absolute Gasteiger partial charge is 0.354 e. The first-order valence-corrected chi connectivity index (χ1v) is 8.13. The molecule has 1 rings (SSSR count). The van der Waals surface area contributed by atoms with Crippen LogP contribution < -0.4 is 10.6 Å². The molecular formula is C13H26N2OS. The zero-order chi connectivity index (χ0) is 12.5. The SMILES string of the molecule is CSCCC(C)NC(=O)CCC1CCCCN1. The Morgan fingerprint density at radius 2 is 2.35 bits per heavy atom. The number of rotatable bonds is 7. The summed E-state index contributed by atoms with van der Waals surface area (Å²) in [5, 5.41) is 6.55. The molecule has 1 amide bonds. The van der Waals surface area contributed by atoms with Crippen molar-refractivity contribution in [1.82, 2.24) is 10.6 Å². The highest BCUT2D eigenvalue weighted by molar-refractivity contribution is 7.98. The summed E-state index contributed by atoms with van der Waals surface area (Å²) in [5.41, 5.74) is 0. The van der Waals surface area contributed by atoms with Crippen LogP contribution in [0.3, 0.4) is 0 Å². The zero-order valence-corrected chi connectivity index (χ0v) is 11.9. The van der Waals surface area contributed by atoms with Crippen molar-refractivity contribution in [2.45, 2.75) is 57.5 Å². The van der Waals surface area contributed by atoms with E-state index in [4.69, 9.17) is 0 Å². The van der Waals surface area contributed by atoms with Gasteiger partial charge in [-0.3, -0.25) is 4.79 Å².